The van der Waals surface area contributed by atoms with Gasteiger partial charge < -0.3 is 0 Å². The van der Waals surface area contributed by atoms with Gasteiger partial charge in [-0.25, -0.2) is 4.90 Å². The van der Waals surface area contributed by atoms with Gasteiger partial charge in [-0.15, -0.1) is 10.2 Å². The fourth-order valence-electron chi connectivity index (χ4n) is 1.99. The Bertz CT molecular complexity index is 744. The molecule has 0 saturated heterocycles. The third kappa shape index (κ3) is 2.69. The highest BCUT2D eigenvalue weighted by molar-refractivity contribution is 8.00. The molecule has 2 amide bonds. The van der Waals surface area contributed by atoms with E-state index in [4.69, 9.17) is 0 Å². The first-order chi connectivity index (χ1) is 10.6. The normalized spacial score (nSPS) is 15.1. The number of rotatable bonds is 4. The summed E-state index contributed by atoms with van der Waals surface area (Å²) in [5.41, 5.74) is 2.13. The molecule has 112 valence electrons. The van der Waals surface area contributed by atoms with E-state index in [0.29, 0.717) is 16.3 Å². The van der Waals surface area contributed by atoms with Crippen LogP contribution in [0.3, 0.4) is 0 Å². The molecule has 1 aromatic carbocycles. The molecule has 0 N–H and O–H groups in total. The molecule has 2 aromatic rings. The van der Waals surface area contributed by atoms with Crippen molar-refractivity contribution in [2.75, 3.05) is 4.90 Å². The van der Waals surface area contributed by atoms with Crippen molar-refractivity contribution in [2.24, 2.45) is 0 Å². The standard InChI is InChI=1S/C15H13N3O2S2/c1-9-10(2)13(20)18(12(9)19)14-16-17-15(22-14)21-8-11-6-4-3-5-7-11/h3-7H,8H2,1-2H3. The molecule has 0 saturated carbocycles. The van der Waals surface area contributed by atoms with Crippen molar-refractivity contribution in [3.05, 3.63) is 47.0 Å². The zero-order valence-electron chi connectivity index (χ0n) is 12.1. The summed E-state index contributed by atoms with van der Waals surface area (Å²) in [6.07, 6.45) is 0. The van der Waals surface area contributed by atoms with E-state index in [1.807, 2.05) is 30.3 Å². The Balaban J connectivity index is 1.72. The number of thioether (sulfide) groups is 1. The van der Waals surface area contributed by atoms with E-state index in [0.717, 1.165) is 15.0 Å². The monoisotopic (exact) mass is 331 g/mol. The van der Waals surface area contributed by atoms with Crippen LogP contribution in [0.4, 0.5) is 5.13 Å². The molecule has 7 heteroatoms. The number of carbonyl (C=O) groups is 2. The molecule has 0 spiro atoms. The average molecular weight is 331 g/mol. The maximum absolute atomic E-state index is 12.1. The SMILES string of the molecule is CC1=C(C)C(=O)N(c2nnc(SCc3ccccc3)s2)C1=O. The van der Waals surface area contributed by atoms with Crippen LogP contribution in [-0.4, -0.2) is 22.0 Å². The van der Waals surface area contributed by atoms with Crippen molar-refractivity contribution in [1.82, 2.24) is 10.2 Å². The topological polar surface area (TPSA) is 63.2 Å². The summed E-state index contributed by atoms with van der Waals surface area (Å²) in [6.45, 7) is 3.31. The molecule has 0 atom stereocenters. The minimum atomic E-state index is -0.307. The first-order valence-electron chi connectivity index (χ1n) is 6.64. The van der Waals surface area contributed by atoms with Gasteiger partial charge in [0.05, 0.1) is 0 Å². The van der Waals surface area contributed by atoms with E-state index < -0.39 is 0 Å². The first kappa shape index (κ1) is 14.9. The van der Waals surface area contributed by atoms with Crippen LogP contribution in [0.1, 0.15) is 19.4 Å². The summed E-state index contributed by atoms with van der Waals surface area (Å²) in [4.78, 5) is 25.3. The quantitative estimate of drug-likeness (QED) is 0.489. The predicted octanol–water partition coefficient (Wildman–Crippen LogP) is 3.04. The fraction of sp³-hybridized carbons (Fsp3) is 0.200. The molecule has 0 bridgehead atoms. The molecule has 0 radical (unpaired) electrons. The van der Waals surface area contributed by atoms with Gasteiger partial charge in [-0.05, 0) is 19.4 Å². The van der Waals surface area contributed by atoms with E-state index in [2.05, 4.69) is 10.2 Å². The van der Waals surface area contributed by atoms with Gasteiger partial charge in [0.15, 0.2) is 4.34 Å². The Kier molecular flexibility index (Phi) is 4.08. The zero-order chi connectivity index (χ0) is 15.7. The Hall–Kier alpha value is -1.99. The summed E-state index contributed by atoms with van der Waals surface area (Å²) >= 11 is 2.80. The molecule has 1 aliphatic heterocycles. The van der Waals surface area contributed by atoms with Crippen molar-refractivity contribution in [1.29, 1.82) is 0 Å². The number of anilines is 1. The van der Waals surface area contributed by atoms with E-state index in [1.54, 1.807) is 13.8 Å². The van der Waals surface area contributed by atoms with Crippen LogP contribution in [0.15, 0.2) is 45.8 Å². The highest BCUT2D eigenvalue weighted by Gasteiger charge is 2.36. The molecule has 0 unspecified atom stereocenters. The van der Waals surface area contributed by atoms with Crippen LogP contribution in [0.25, 0.3) is 0 Å². The second-order valence-corrected chi connectivity index (χ2v) is 7.00. The second kappa shape index (κ2) is 6.02. The smallest absolute Gasteiger partial charge is 0.263 e. The summed E-state index contributed by atoms with van der Waals surface area (Å²) < 4.78 is 0.738. The van der Waals surface area contributed by atoms with Gasteiger partial charge in [0.2, 0.25) is 5.13 Å². The largest absolute Gasteiger partial charge is 0.268 e. The average Bonchev–Trinajstić information content (AvgIpc) is 3.07. The van der Waals surface area contributed by atoms with E-state index in [9.17, 15) is 9.59 Å². The lowest BCUT2D eigenvalue weighted by atomic mass is 10.2. The molecule has 0 aliphatic carbocycles. The number of carbonyl (C=O) groups excluding carboxylic acids is 2. The highest BCUT2D eigenvalue weighted by atomic mass is 32.2. The Morgan fingerprint density at radius 2 is 1.68 bits per heavy atom. The maximum atomic E-state index is 12.1. The number of amides is 2. The zero-order valence-corrected chi connectivity index (χ0v) is 13.7. The molecule has 22 heavy (non-hydrogen) atoms. The fourth-order valence-corrected chi connectivity index (χ4v) is 3.79. The van der Waals surface area contributed by atoms with Gasteiger partial charge in [-0.3, -0.25) is 9.59 Å². The van der Waals surface area contributed by atoms with E-state index in [1.165, 1.54) is 28.7 Å². The van der Waals surface area contributed by atoms with Crippen LogP contribution in [-0.2, 0) is 15.3 Å². The van der Waals surface area contributed by atoms with Gasteiger partial charge in [-0.2, -0.15) is 0 Å². The molecule has 0 fully saturated rings. The summed E-state index contributed by atoms with van der Waals surface area (Å²) in [6, 6.07) is 10.0. The van der Waals surface area contributed by atoms with Gasteiger partial charge in [0, 0.05) is 16.9 Å². The Labute approximate surface area is 136 Å². The molecule has 2 heterocycles. The van der Waals surface area contributed by atoms with E-state index >= 15 is 0 Å². The van der Waals surface area contributed by atoms with Crippen LogP contribution >= 0.6 is 23.1 Å². The maximum Gasteiger partial charge on any atom is 0.263 e. The van der Waals surface area contributed by atoms with E-state index in [-0.39, 0.29) is 11.8 Å². The van der Waals surface area contributed by atoms with Gasteiger partial charge in [-0.1, -0.05) is 53.4 Å². The van der Waals surface area contributed by atoms with Crippen LogP contribution in [0.5, 0.6) is 0 Å². The lowest BCUT2D eigenvalue weighted by Crippen LogP contribution is -2.31. The number of benzene rings is 1. The molecule has 3 rings (SSSR count). The highest BCUT2D eigenvalue weighted by Crippen LogP contribution is 2.33. The van der Waals surface area contributed by atoms with Crippen molar-refractivity contribution >= 4 is 40.0 Å². The molecule has 5 nitrogen and oxygen atoms in total. The molecular formula is C15H13N3O2S2. The van der Waals surface area contributed by atoms with Gasteiger partial charge in [0.25, 0.3) is 11.8 Å². The predicted molar refractivity (Wildman–Crippen MR) is 86.8 cm³/mol. The third-order valence-corrected chi connectivity index (χ3v) is 5.52. The lowest BCUT2D eigenvalue weighted by molar-refractivity contribution is -0.120. The number of imide groups is 1. The lowest BCUT2D eigenvalue weighted by Gasteiger charge is -2.08. The minimum absolute atomic E-state index is 0.307. The molecule has 1 aliphatic rings. The number of hydrogen-bond donors (Lipinski definition) is 0. The van der Waals surface area contributed by atoms with Crippen LogP contribution < -0.4 is 4.90 Å². The molecule has 1 aromatic heterocycles. The third-order valence-electron chi connectivity index (χ3n) is 3.40. The Morgan fingerprint density at radius 1 is 1.05 bits per heavy atom. The first-order valence-corrected chi connectivity index (χ1v) is 8.44. The summed E-state index contributed by atoms with van der Waals surface area (Å²) in [7, 11) is 0. The summed E-state index contributed by atoms with van der Waals surface area (Å²) in [5.74, 6) is 0.157. The van der Waals surface area contributed by atoms with Crippen molar-refractivity contribution in [2.45, 2.75) is 23.9 Å². The minimum Gasteiger partial charge on any atom is -0.268 e. The number of nitrogens with zero attached hydrogens (tertiary/aromatic N) is 3. The van der Waals surface area contributed by atoms with Crippen molar-refractivity contribution in [3.63, 3.8) is 0 Å². The Morgan fingerprint density at radius 3 is 2.32 bits per heavy atom. The van der Waals surface area contributed by atoms with Crippen molar-refractivity contribution in [3.8, 4) is 0 Å². The molecular weight excluding hydrogens is 318 g/mol. The van der Waals surface area contributed by atoms with Crippen molar-refractivity contribution < 1.29 is 9.59 Å². The number of hydrogen-bond acceptors (Lipinski definition) is 6. The van der Waals surface area contributed by atoms with Crippen LogP contribution in [0, 0.1) is 0 Å². The van der Waals surface area contributed by atoms with Gasteiger partial charge >= 0.3 is 0 Å². The van der Waals surface area contributed by atoms with Gasteiger partial charge in [0.1, 0.15) is 0 Å². The number of aromatic nitrogens is 2. The summed E-state index contributed by atoms with van der Waals surface area (Å²) in [5, 5.41) is 8.38. The van der Waals surface area contributed by atoms with Crippen LogP contribution in [0.2, 0.25) is 0 Å². The second-order valence-electron chi connectivity index (χ2n) is 4.82.